The highest BCUT2D eigenvalue weighted by Gasteiger charge is 2.17. The summed E-state index contributed by atoms with van der Waals surface area (Å²) in [5.74, 6) is -0.435. The predicted molar refractivity (Wildman–Crippen MR) is 279 cm³/mol. The van der Waals surface area contributed by atoms with Crippen LogP contribution in [0.1, 0.15) is 278 Å². The maximum absolute atomic E-state index is 12.8. The number of carbonyl (C=O) groups is 2. The third kappa shape index (κ3) is 52.2. The van der Waals surface area contributed by atoms with E-state index < -0.39 is 6.10 Å². The molecule has 0 heterocycles. The van der Waals surface area contributed by atoms with Gasteiger partial charge in [-0.15, -0.1) is 0 Å². The smallest absolute Gasteiger partial charge is 0.306 e. The molecular weight excluding hydrogens is 789 g/mol. The van der Waals surface area contributed by atoms with Crippen molar-refractivity contribution in [2.75, 3.05) is 19.8 Å². The van der Waals surface area contributed by atoms with E-state index in [-0.39, 0.29) is 25.2 Å². The fourth-order valence-electron chi connectivity index (χ4n) is 7.91. The molecular formula is C59H106O5. The van der Waals surface area contributed by atoms with E-state index in [4.69, 9.17) is 14.2 Å². The lowest BCUT2D eigenvalue weighted by Gasteiger charge is -2.18. The molecule has 0 rings (SSSR count). The molecule has 0 spiro atoms. The molecule has 5 heteroatoms. The summed E-state index contributed by atoms with van der Waals surface area (Å²) in [7, 11) is 0. The van der Waals surface area contributed by atoms with Gasteiger partial charge < -0.3 is 14.2 Å². The molecule has 5 nitrogen and oxygen atoms in total. The lowest BCUT2D eigenvalue weighted by atomic mass is 10.0. The number of hydrogen-bond donors (Lipinski definition) is 0. The van der Waals surface area contributed by atoms with E-state index in [0.29, 0.717) is 19.4 Å². The van der Waals surface area contributed by atoms with Crippen LogP contribution in [0.2, 0.25) is 0 Å². The molecule has 0 aromatic carbocycles. The SMILES string of the molecule is CC/C=C\C/C=C\C/C=C\C/C=C\CCCCC(=O)OCC(COCCCCCCCCCC/C=C\CCCCCCCC)OC(=O)CCCCCCCCCCCCCCCCC. The molecule has 0 saturated carbocycles. The molecule has 0 saturated heterocycles. The molecule has 64 heavy (non-hydrogen) atoms. The van der Waals surface area contributed by atoms with Crippen LogP contribution < -0.4 is 0 Å². The minimum Gasteiger partial charge on any atom is -0.462 e. The maximum Gasteiger partial charge on any atom is 0.306 e. The molecule has 0 aliphatic rings. The van der Waals surface area contributed by atoms with Gasteiger partial charge >= 0.3 is 11.9 Å². The van der Waals surface area contributed by atoms with Gasteiger partial charge in [0, 0.05) is 19.4 Å². The first-order chi connectivity index (χ1) is 31.6. The lowest BCUT2D eigenvalue weighted by molar-refractivity contribution is -0.163. The highest BCUT2D eigenvalue weighted by atomic mass is 16.6. The van der Waals surface area contributed by atoms with Crippen molar-refractivity contribution < 1.29 is 23.8 Å². The Bertz CT molecular complexity index is 1100. The molecule has 0 radical (unpaired) electrons. The van der Waals surface area contributed by atoms with Crippen molar-refractivity contribution >= 4 is 11.9 Å². The Kier molecular flexibility index (Phi) is 52.9. The topological polar surface area (TPSA) is 61.8 Å². The van der Waals surface area contributed by atoms with Gasteiger partial charge in [-0.25, -0.2) is 0 Å². The van der Waals surface area contributed by atoms with Crippen molar-refractivity contribution in [2.45, 2.75) is 284 Å². The molecule has 372 valence electrons. The molecule has 0 bridgehead atoms. The van der Waals surface area contributed by atoms with Crippen molar-refractivity contribution in [1.29, 1.82) is 0 Å². The van der Waals surface area contributed by atoms with E-state index in [9.17, 15) is 9.59 Å². The van der Waals surface area contributed by atoms with Crippen LogP contribution in [0.15, 0.2) is 60.8 Å². The van der Waals surface area contributed by atoms with Crippen LogP contribution in [-0.2, 0) is 23.8 Å². The van der Waals surface area contributed by atoms with Gasteiger partial charge in [-0.3, -0.25) is 9.59 Å². The van der Waals surface area contributed by atoms with E-state index in [1.165, 1.54) is 173 Å². The van der Waals surface area contributed by atoms with Gasteiger partial charge in [-0.2, -0.15) is 0 Å². The van der Waals surface area contributed by atoms with Gasteiger partial charge in [0.2, 0.25) is 0 Å². The van der Waals surface area contributed by atoms with Crippen LogP contribution in [-0.4, -0.2) is 37.9 Å². The van der Waals surface area contributed by atoms with Crippen LogP contribution in [0.5, 0.6) is 0 Å². The summed E-state index contributed by atoms with van der Waals surface area (Å²) < 4.78 is 17.4. The zero-order valence-corrected chi connectivity index (χ0v) is 42.8. The Morgan fingerprint density at radius 2 is 0.703 bits per heavy atom. The summed E-state index contributed by atoms with van der Waals surface area (Å²) in [5, 5.41) is 0. The highest BCUT2D eigenvalue weighted by molar-refractivity contribution is 5.70. The van der Waals surface area contributed by atoms with Crippen LogP contribution >= 0.6 is 0 Å². The number of esters is 2. The molecule has 0 aromatic rings. The summed E-state index contributed by atoms with van der Waals surface area (Å²) in [6.45, 7) is 7.70. The van der Waals surface area contributed by atoms with Crippen LogP contribution in [0, 0.1) is 0 Å². The highest BCUT2D eigenvalue weighted by Crippen LogP contribution is 2.15. The van der Waals surface area contributed by atoms with Crippen molar-refractivity contribution in [3.63, 3.8) is 0 Å². The molecule has 1 atom stereocenters. The second-order valence-electron chi connectivity index (χ2n) is 18.5. The number of allylic oxidation sites excluding steroid dienone is 10. The predicted octanol–water partition coefficient (Wildman–Crippen LogP) is 18.9. The van der Waals surface area contributed by atoms with Gasteiger partial charge in [0.05, 0.1) is 6.61 Å². The largest absolute Gasteiger partial charge is 0.462 e. The fraction of sp³-hybridized carbons (Fsp3) is 0.797. The van der Waals surface area contributed by atoms with Gasteiger partial charge in [0.15, 0.2) is 6.10 Å². The number of ether oxygens (including phenoxy) is 3. The van der Waals surface area contributed by atoms with E-state index in [1.54, 1.807) is 0 Å². The first-order valence-electron chi connectivity index (χ1n) is 27.8. The Hall–Kier alpha value is -2.40. The Balaban J connectivity index is 4.30. The third-order valence-corrected chi connectivity index (χ3v) is 12.0. The van der Waals surface area contributed by atoms with Crippen LogP contribution in [0.3, 0.4) is 0 Å². The summed E-state index contributed by atoms with van der Waals surface area (Å²) in [4.78, 5) is 25.4. The molecule has 1 unspecified atom stereocenters. The van der Waals surface area contributed by atoms with Gasteiger partial charge in [-0.05, 0) is 83.5 Å². The first-order valence-corrected chi connectivity index (χ1v) is 27.8. The molecule has 0 aromatic heterocycles. The number of rotatable bonds is 51. The standard InChI is InChI=1S/C59H106O5/c1-4-7-10-13-16-19-22-25-28-29-30-33-36-39-42-45-48-51-54-62-55-57(64-59(61)53-50-47-44-41-38-35-32-27-24-21-18-15-12-9-6-3)56-63-58(60)52-49-46-43-40-37-34-31-26-23-20-17-14-11-8-5-2/h8,11,17,20,25-26,28,31,37,40,57H,4-7,9-10,12-16,18-19,21-24,27,29-30,32-36,38-39,41-56H2,1-3H3/b11-8-,20-17-,28-25-,31-26-,40-37-. The third-order valence-electron chi connectivity index (χ3n) is 12.0. The fourth-order valence-corrected chi connectivity index (χ4v) is 7.91. The van der Waals surface area contributed by atoms with Crippen molar-refractivity contribution in [1.82, 2.24) is 0 Å². The Morgan fingerprint density at radius 1 is 0.359 bits per heavy atom. The van der Waals surface area contributed by atoms with E-state index in [2.05, 4.69) is 81.5 Å². The number of hydrogen-bond acceptors (Lipinski definition) is 5. The average Bonchev–Trinajstić information content (AvgIpc) is 3.30. The minimum absolute atomic E-state index is 0.0647. The number of unbranched alkanes of at least 4 members (excludes halogenated alkanes) is 30. The van der Waals surface area contributed by atoms with Crippen LogP contribution in [0.4, 0.5) is 0 Å². The molecule has 0 amide bonds. The van der Waals surface area contributed by atoms with Gasteiger partial charge in [-0.1, -0.05) is 242 Å². The van der Waals surface area contributed by atoms with Gasteiger partial charge in [0.25, 0.3) is 0 Å². The maximum atomic E-state index is 12.8. The zero-order valence-electron chi connectivity index (χ0n) is 42.8. The van der Waals surface area contributed by atoms with E-state index >= 15 is 0 Å². The Morgan fingerprint density at radius 3 is 1.17 bits per heavy atom. The Labute approximate surface area is 398 Å². The monoisotopic (exact) mass is 895 g/mol. The number of carbonyl (C=O) groups excluding carboxylic acids is 2. The zero-order chi connectivity index (χ0) is 46.3. The van der Waals surface area contributed by atoms with Crippen molar-refractivity contribution in [3.05, 3.63) is 60.8 Å². The summed E-state index contributed by atoms with van der Waals surface area (Å²) >= 11 is 0. The average molecular weight is 895 g/mol. The minimum atomic E-state index is -0.553. The van der Waals surface area contributed by atoms with E-state index in [0.717, 1.165) is 70.6 Å². The molecule has 0 fully saturated rings. The van der Waals surface area contributed by atoms with Gasteiger partial charge in [0.1, 0.15) is 6.61 Å². The van der Waals surface area contributed by atoms with Crippen molar-refractivity contribution in [2.24, 2.45) is 0 Å². The molecule has 0 aliphatic heterocycles. The lowest BCUT2D eigenvalue weighted by Crippen LogP contribution is -2.30. The van der Waals surface area contributed by atoms with Crippen LogP contribution in [0.25, 0.3) is 0 Å². The normalized spacial score (nSPS) is 12.6. The van der Waals surface area contributed by atoms with Crippen molar-refractivity contribution in [3.8, 4) is 0 Å². The summed E-state index contributed by atoms with van der Waals surface area (Å²) in [6, 6.07) is 0. The molecule has 0 aliphatic carbocycles. The molecule has 0 N–H and O–H groups in total. The first kappa shape index (κ1) is 61.6. The quantitative estimate of drug-likeness (QED) is 0.0346. The summed E-state index contributed by atoms with van der Waals surface area (Å²) in [5.41, 5.74) is 0. The van der Waals surface area contributed by atoms with E-state index in [1.807, 2.05) is 0 Å². The second-order valence-corrected chi connectivity index (χ2v) is 18.5. The second kappa shape index (κ2) is 54.9. The summed E-state index contributed by atoms with van der Waals surface area (Å²) in [6.07, 6.45) is 69.5.